The van der Waals surface area contributed by atoms with Crippen molar-refractivity contribution in [2.75, 3.05) is 19.5 Å². The Morgan fingerprint density at radius 3 is 2.69 bits per heavy atom. The van der Waals surface area contributed by atoms with E-state index in [4.69, 9.17) is 15.2 Å². The van der Waals surface area contributed by atoms with Gasteiger partial charge in [-0.05, 0) is 18.9 Å². The second-order valence-corrected chi connectivity index (χ2v) is 6.13. The molecule has 136 valence electrons. The summed E-state index contributed by atoms with van der Waals surface area (Å²) in [6.07, 6.45) is 1.44. The van der Waals surface area contributed by atoms with E-state index in [-0.39, 0.29) is 23.9 Å². The number of hydrogen-bond donors (Lipinski definition) is 1. The van der Waals surface area contributed by atoms with Crippen LogP contribution in [0.25, 0.3) is 16.8 Å². The fraction of sp³-hybridized carbons (Fsp3) is 0.316. The largest absolute Gasteiger partial charge is 0.496 e. The minimum Gasteiger partial charge on any atom is -0.496 e. The monoisotopic (exact) mass is 354 g/mol. The zero-order valence-electron chi connectivity index (χ0n) is 15.3. The number of nitrogens with zero attached hydrogens (tertiary/aromatic N) is 3. The van der Waals surface area contributed by atoms with E-state index >= 15 is 0 Å². The quantitative estimate of drug-likeness (QED) is 0.707. The van der Waals surface area contributed by atoms with Crippen LogP contribution in [0.15, 0.2) is 30.5 Å². The van der Waals surface area contributed by atoms with Crippen molar-refractivity contribution < 1.29 is 14.3 Å². The summed E-state index contributed by atoms with van der Waals surface area (Å²) in [5, 5.41) is 4.63. The third kappa shape index (κ3) is 2.85. The summed E-state index contributed by atoms with van der Waals surface area (Å²) in [7, 11) is 1.63. The molecule has 26 heavy (non-hydrogen) atoms. The van der Waals surface area contributed by atoms with E-state index in [1.54, 1.807) is 14.0 Å². The van der Waals surface area contributed by atoms with E-state index < -0.39 is 5.97 Å². The summed E-state index contributed by atoms with van der Waals surface area (Å²) in [5.41, 5.74) is 9.53. The van der Waals surface area contributed by atoms with Crippen LogP contribution in [0.4, 0.5) is 5.82 Å². The molecule has 0 spiro atoms. The molecule has 7 heteroatoms. The molecule has 2 heterocycles. The Bertz CT molecular complexity index is 963. The molecular weight excluding hydrogens is 332 g/mol. The number of carbonyl (C=O) groups excluding carboxylic acids is 1. The van der Waals surface area contributed by atoms with Gasteiger partial charge in [0.25, 0.3) is 0 Å². The summed E-state index contributed by atoms with van der Waals surface area (Å²) in [5.74, 6) is 0.539. The van der Waals surface area contributed by atoms with Gasteiger partial charge in [-0.25, -0.2) is 9.78 Å². The zero-order chi connectivity index (χ0) is 18.8. The van der Waals surface area contributed by atoms with Crippen molar-refractivity contribution in [2.24, 2.45) is 0 Å². The van der Waals surface area contributed by atoms with Gasteiger partial charge in [-0.1, -0.05) is 32.0 Å². The molecule has 1 aromatic carbocycles. The molecule has 0 fully saturated rings. The molecule has 0 bridgehead atoms. The maximum atomic E-state index is 12.1. The minimum absolute atomic E-state index is 0.127. The van der Waals surface area contributed by atoms with E-state index in [0.717, 1.165) is 22.6 Å². The Balaban J connectivity index is 2.31. The van der Waals surface area contributed by atoms with Crippen molar-refractivity contribution in [3.05, 3.63) is 41.7 Å². The summed E-state index contributed by atoms with van der Waals surface area (Å²) in [6.45, 7) is 6.09. The molecule has 0 saturated carbocycles. The van der Waals surface area contributed by atoms with Gasteiger partial charge in [0.1, 0.15) is 17.1 Å². The molecule has 0 aliphatic heterocycles. The van der Waals surface area contributed by atoms with E-state index in [1.807, 2.05) is 38.1 Å². The molecule has 0 unspecified atom stereocenters. The molecule has 0 radical (unpaired) electrons. The topological polar surface area (TPSA) is 91.7 Å². The van der Waals surface area contributed by atoms with Crippen LogP contribution in [0.3, 0.4) is 0 Å². The van der Waals surface area contributed by atoms with Gasteiger partial charge in [-0.15, -0.1) is 0 Å². The Kier molecular flexibility index (Phi) is 4.79. The minimum atomic E-state index is -0.514. The lowest BCUT2D eigenvalue weighted by Crippen LogP contribution is -2.12. The number of hydrogen-bond acceptors (Lipinski definition) is 6. The maximum Gasteiger partial charge on any atom is 0.343 e. The van der Waals surface area contributed by atoms with E-state index in [9.17, 15) is 4.79 Å². The van der Waals surface area contributed by atoms with Crippen molar-refractivity contribution in [1.29, 1.82) is 0 Å². The number of esters is 1. The highest BCUT2D eigenvalue weighted by atomic mass is 16.5. The van der Waals surface area contributed by atoms with Crippen molar-refractivity contribution in [1.82, 2.24) is 14.6 Å². The number of aromatic nitrogens is 3. The summed E-state index contributed by atoms with van der Waals surface area (Å²) in [6, 6.07) is 7.68. The molecule has 0 amide bonds. The van der Waals surface area contributed by atoms with Gasteiger partial charge in [-0.2, -0.15) is 9.61 Å². The van der Waals surface area contributed by atoms with Crippen LogP contribution in [0.1, 0.15) is 42.7 Å². The summed E-state index contributed by atoms with van der Waals surface area (Å²) >= 11 is 0. The Morgan fingerprint density at radius 2 is 2.04 bits per heavy atom. The molecule has 3 rings (SSSR count). The third-order valence-corrected chi connectivity index (χ3v) is 4.13. The predicted octanol–water partition coefficient (Wildman–Crippen LogP) is 3.29. The fourth-order valence-electron chi connectivity index (χ4n) is 2.90. The van der Waals surface area contributed by atoms with Crippen molar-refractivity contribution in [3.8, 4) is 16.9 Å². The Morgan fingerprint density at radius 1 is 1.31 bits per heavy atom. The number of fused-ring (bicyclic) bond motifs is 1. The van der Waals surface area contributed by atoms with Crippen LogP contribution >= 0.6 is 0 Å². The number of methoxy groups -OCH3 is 1. The zero-order valence-corrected chi connectivity index (χ0v) is 15.3. The van der Waals surface area contributed by atoms with Crippen LogP contribution < -0.4 is 10.5 Å². The molecule has 0 saturated heterocycles. The van der Waals surface area contributed by atoms with Crippen molar-refractivity contribution >= 4 is 17.4 Å². The van der Waals surface area contributed by atoms with Gasteiger partial charge in [0.05, 0.1) is 25.0 Å². The Labute approximate surface area is 151 Å². The van der Waals surface area contributed by atoms with Gasteiger partial charge in [0.2, 0.25) is 0 Å². The second-order valence-electron chi connectivity index (χ2n) is 6.13. The standard InChI is InChI=1S/C19H22N4O3/c1-5-26-19(24)13-10-21-18-15(12-8-6-7-9-14(12)25-4)16(11(2)3)22-23(18)17(13)20/h6-11H,5,20H2,1-4H3. The number of nitrogen functional groups attached to an aromatic ring is 1. The van der Waals surface area contributed by atoms with Crippen molar-refractivity contribution in [2.45, 2.75) is 26.7 Å². The lowest BCUT2D eigenvalue weighted by molar-refractivity contribution is 0.0526. The van der Waals surface area contributed by atoms with Crippen LogP contribution in [-0.4, -0.2) is 34.3 Å². The van der Waals surface area contributed by atoms with Crippen LogP contribution in [0.2, 0.25) is 0 Å². The van der Waals surface area contributed by atoms with Gasteiger partial charge < -0.3 is 15.2 Å². The van der Waals surface area contributed by atoms with Crippen LogP contribution in [0.5, 0.6) is 5.75 Å². The average Bonchev–Trinajstić information content (AvgIpc) is 3.02. The number of benzene rings is 1. The highest BCUT2D eigenvalue weighted by Gasteiger charge is 2.24. The molecule has 2 N–H and O–H groups in total. The lowest BCUT2D eigenvalue weighted by atomic mass is 9.99. The second kappa shape index (κ2) is 7.03. The first-order chi connectivity index (χ1) is 12.5. The number of para-hydroxylation sites is 1. The fourth-order valence-corrected chi connectivity index (χ4v) is 2.90. The molecule has 7 nitrogen and oxygen atoms in total. The van der Waals surface area contributed by atoms with Crippen LogP contribution in [-0.2, 0) is 4.74 Å². The lowest BCUT2D eigenvalue weighted by Gasteiger charge is -2.10. The van der Waals surface area contributed by atoms with Gasteiger partial charge in [-0.3, -0.25) is 0 Å². The van der Waals surface area contributed by atoms with Gasteiger partial charge in [0, 0.05) is 11.8 Å². The SMILES string of the molecule is CCOC(=O)c1cnc2c(-c3ccccc3OC)c(C(C)C)nn2c1N. The molecule has 0 aliphatic rings. The number of ether oxygens (including phenoxy) is 2. The first kappa shape index (κ1) is 17.7. The third-order valence-electron chi connectivity index (χ3n) is 4.13. The normalized spacial score (nSPS) is 11.1. The van der Waals surface area contributed by atoms with Crippen molar-refractivity contribution in [3.63, 3.8) is 0 Å². The summed E-state index contributed by atoms with van der Waals surface area (Å²) < 4.78 is 12.1. The first-order valence-electron chi connectivity index (χ1n) is 8.47. The molecule has 3 aromatic rings. The number of carbonyl (C=O) groups is 1. The van der Waals surface area contributed by atoms with E-state index in [1.165, 1.54) is 10.7 Å². The number of nitrogens with two attached hydrogens (primary N) is 1. The average molecular weight is 354 g/mol. The number of rotatable bonds is 5. The molecule has 0 atom stereocenters. The smallest absolute Gasteiger partial charge is 0.343 e. The highest BCUT2D eigenvalue weighted by molar-refractivity contribution is 5.95. The Hall–Kier alpha value is -3.09. The van der Waals surface area contributed by atoms with E-state index in [0.29, 0.717) is 5.65 Å². The highest BCUT2D eigenvalue weighted by Crippen LogP contribution is 2.38. The maximum absolute atomic E-state index is 12.1. The number of anilines is 1. The first-order valence-corrected chi connectivity index (χ1v) is 8.47. The van der Waals surface area contributed by atoms with Gasteiger partial charge in [0.15, 0.2) is 5.65 Å². The van der Waals surface area contributed by atoms with Gasteiger partial charge >= 0.3 is 5.97 Å². The molecular formula is C19H22N4O3. The predicted molar refractivity (Wildman–Crippen MR) is 99.4 cm³/mol. The van der Waals surface area contributed by atoms with E-state index in [2.05, 4.69) is 10.1 Å². The summed E-state index contributed by atoms with van der Waals surface area (Å²) in [4.78, 5) is 16.6. The molecule has 0 aliphatic carbocycles. The molecule has 2 aromatic heterocycles. The van der Waals surface area contributed by atoms with Crippen LogP contribution in [0, 0.1) is 0 Å².